The Kier molecular flexibility index (Phi) is 5.99. The molecule has 0 N–H and O–H groups in total. The van der Waals surface area contributed by atoms with Crippen molar-refractivity contribution in [3.8, 4) is 22.9 Å². The van der Waals surface area contributed by atoms with Crippen LogP contribution in [0.2, 0.25) is 0 Å². The van der Waals surface area contributed by atoms with Crippen LogP contribution >= 0.6 is 0 Å². The van der Waals surface area contributed by atoms with Crippen LogP contribution in [0.4, 0.5) is 5.69 Å². The van der Waals surface area contributed by atoms with E-state index in [2.05, 4.69) is 4.98 Å². The van der Waals surface area contributed by atoms with Gasteiger partial charge in [-0.1, -0.05) is 0 Å². The van der Waals surface area contributed by atoms with Gasteiger partial charge in [0.25, 0.3) is 5.91 Å². The second-order valence-corrected chi connectivity index (χ2v) is 7.23. The van der Waals surface area contributed by atoms with Gasteiger partial charge in [0.2, 0.25) is 5.43 Å². The molecule has 0 fully saturated rings. The molecule has 0 aliphatic rings. The summed E-state index contributed by atoms with van der Waals surface area (Å²) in [6.45, 7) is 0. The molecule has 0 aliphatic carbocycles. The first-order valence-corrected chi connectivity index (χ1v) is 10.1. The fourth-order valence-corrected chi connectivity index (χ4v) is 3.63. The van der Waals surface area contributed by atoms with Gasteiger partial charge in [-0.25, -0.2) is 0 Å². The number of aromatic nitrogens is 2. The van der Waals surface area contributed by atoms with Crippen molar-refractivity contribution in [3.05, 3.63) is 82.9 Å². The first-order chi connectivity index (χ1) is 16.0. The van der Waals surface area contributed by atoms with Gasteiger partial charge in [-0.05, 0) is 42.5 Å². The molecule has 33 heavy (non-hydrogen) atoms. The number of anilines is 1. The van der Waals surface area contributed by atoms with Crippen LogP contribution in [-0.4, -0.2) is 43.8 Å². The molecule has 168 valence electrons. The Balaban J connectivity index is 1.98. The minimum Gasteiger partial charge on any atom is -0.497 e. The summed E-state index contributed by atoms with van der Waals surface area (Å²) in [4.78, 5) is 32.3. The molecule has 0 saturated carbocycles. The van der Waals surface area contributed by atoms with Crippen molar-refractivity contribution < 1.29 is 19.0 Å². The average molecular weight is 445 g/mol. The Morgan fingerprint density at radius 1 is 0.909 bits per heavy atom. The Labute approximate surface area is 190 Å². The van der Waals surface area contributed by atoms with E-state index in [1.165, 1.54) is 19.1 Å². The molecule has 0 saturated heterocycles. The summed E-state index contributed by atoms with van der Waals surface area (Å²) >= 11 is 0. The van der Waals surface area contributed by atoms with Crippen molar-refractivity contribution in [1.29, 1.82) is 0 Å². The van der Waals surface area contributed by atoms with E-state index in [-0.39, 0.29) is 5.56 Å². The molecule has 0 unspecified atom stereocenters. The van der Waals surface area contributed by atoms with Gasteiger partial charge >= 0.3 is 0 Å². The lowest BCUT2D eigenvalue weighted by atomic mass is 10.1. The van der Waals surface area contributed by atoms with Crippen molar-refractivity contribution in [2.45, 2.75) is 0 Å². The molecule has 1 amide bonds. The van der Waals surface area contributed by atoms with Gasteiger partial charge in [0, 0.05) is 43.1 Å². The Morgan fingerprint density at radius 2 is 1.55 bits per heavy atom. The van der Waals surface area contributed by atoms with E-state index in [1.54, 1.807) is 61.6 Å². The zero-order chi connectivity index (χ0) is 23.5. The number of benzene rings is 2. The van der Waals surface area contributed by atoms with Crippen LogP contribution in [-0.2, 0) is 0 Å². The highest BCUT2D eigenvalue weighted by atomic mass is 16.5. The predicted octanol–water partition coefficient (Wildman–Crippen LogP) is 3.69. The molecule has 4 aromatic rings. The minimum atomic E-state index is -0.440. The summed E-state index contributed by atoms with van der Waals surface area (Å²) in [6, 6.07) is 14.0. The summed E-state index contributed by atoms with van der Waals surface area (Å²) in [5, 5.41) is 0.331. The zero-order valence-electron chi connectivity index (χ0n) is 18.7. The van der Waals surface area contributed by atoms with Crippen LogP contribution in [0, 0.1) is 0 Å². The molecule has 0 bridgehead atoms. The van der Waals surface area contributed by atoms with Crippen LogP contribution in [0.5, 0.6) is 17.2 Å². The fraction of sp³-hybridized carbons (Fsp3) is 0.160. The molecular weight excluding hydrogens is 422 g/mol. The molecule has 8 nitrogen and oxygen atoms in total. The number of methoxy groups -OCH3 is 3. The number of hydrogen-bond acceptors (Lipinski definition) is 6. The largest absolute Gasteiger partial charge is 0.497 e. The summed E-state index contributed by atoms with van der Waals surface area (Å²) < 4.78 is 17.9. The number of ether oxygens (including phenoxy) is 3. The van der Waals surface area contributed by atoms with Crippen molar-refractivity contribution in [2.24, 2.45) is 0 Å². The molecule has 2 aromatic heterocycles. The third kappa shape index (κ3) is 3.98. The molecule has 2 heterocycles. The summed E-state index contributed by atoms with van der Waals surface area (Å²) in [6.07, 6.45) is 4.73. The van der Waals surface area contributed by atoms with E-state index in [4.69, 9.17) is 14.2 Å². The normalized spacial score (nSPS) is 10.7. The second-order valence-electron chi connectivity index (χ2n) is 7.23. The summed E-state index contributed by atoms with van der Waals surface area (Å²) in [7, 11) is 6.24. The van der Waals surface area contributed by atoms with Crippen molar-refractivity contribution in [2.75, 3.05) is 33.3 Å². The van der Waals surface area contributed by atoms with Gasteiger partial charge in [-0.15, -0.1) is 0 Å². The monoisotopic (exact) mass is 445 g/mol. The van der Waals surface area contributed by atoms with Crippen molar-refractivity contribution in [3.63, 3.8) is 0 Å². The lowest BCUT2D eigenvalue weighted by Crippen LogP contribution is -2.31. The average Bonchev–Trinajstić information content (AvgIpc) is 2.88. The van der Waals surface area contributed by atoms with E-state index < -0.39 is 11.3 Å². The zero-order valence-corrected chi connectivity index (χ0v) is 18.7. The standard InChI is InChI=1S/C25H23N3O5/c1-27(16-9-11-26-12-10-16)25(30)20-15-28(17-5-7-18(31-2)8-6-17)21-14-23(33-4)22(32-3)13-19(21)24(20)29/h5-15H,1-4H3. The van der Waals surface area contributed by atoms with E-state index >= 15 is 0 Å². The van der Waals surface area contributed by atoms with E-state index in [9.17, 15) is 9.59 Å². The maximum absolute atomic E-state index is 13.5. The molecule has 0 radical (unpaired) electrons. The Morgan fingerprint density at radius 3 is 2.15 bits per heavy atom. The van der Waals surface area contributed by atoms with Gasteiger partial charge in [-0.2, -0.15) is 0 Å². The van der Waals surface area contributed by atoms with Crippen LogP contribution in [0.3, 0.4) is 0 Å². The quantitative estimate of drug-likeness (QED) is 0.450. The van der Waals surface area contributed by atoms with Crippen LogP contribution in [0.15, 0.2) is 71.9 Å². The van der Waals surface area contributed by atoms with Gasteiger partial charge < -0.3 is 23.7 Å². The van der Waals surface area contributed by atoms with Crippen LogP contribution in [0.25, 0.3) is 16.6 Å². The highest BCUT2D eigenvalue weighted by Gasteiger charge is 2.22. The third-order valence-electron chi connectivity index (χ3n) is 5.44. The summed E-state index contributed by atoms with van der Waals surface area (Å²) in [5.41, 5.74) is 1.56. The maximum atomic E-state index is 13.5. The minimum absolute atomic E-state index is 0.0184. The Hall–Kier alpha value is -4.33. The van der Waals surface area contributed by atoms with E-state index in [0.717, 1.165) is 5.69 Å². The number of carbonyl (C=O) groups excluding carboxylic acids is 1. The molecule has 4 rings (SSSR count). The fourth-order valence-electron chi connectivity index (χ4n) is 3.63. The smallest absolute Gasteiger partial charge is 0.263 e. The molecule has 8 heteroatoms. The number of fused-ring (bicyclic) bond motifs is 1. The van der Waals surface area contributed by atoms with Gasteiger partial charge in [0.1, 0.15) is 11.3 Å². The highest BCUT2D eigenvalue weighted by Crippen LogP contribution is 2.32. The molecule has 2 aromatic carbocycles. The third-order valence-corrected chi connectivity index (χ3v) is 5.44. The number of amides is 1. The van der Waals surface area contributed by atoms with Gasteiger partial charge in [0.15, 0.2) is 11.5 Å². The molecule has 0 atom stereocenters. The number of hydrogen-bond donors (Lipinski definition) is 0. The van der Waals surface area contributed by atoms with Crippen LogP contribution in [0.1, 0.15) is 10.4 Å². The van der Waals surface area contributed by atoms with E-state index in [0.29, 0.717) is 33.8 Å². The van der Waals surface area contributed by atoms with Crippen molar-refractivity contribution >= 4 is 22.5 Å². The van der Waals surface area contributed by atoms with Gasteiger partial charge in [-0.3, -0.25) is 14.6 Å². The highest BCUT2D eigenvalue weighted by molar-refractivity contribution is 6.07. The number of rotatable bonds is 6. The predicted molar refractivity (Wildman–Crippen MR) is 126 cm³/mol. The molecular formula is C25H23N3O5. The first kappa shape index (κ1) is 21.9. The topological polar surface area (TPSA) is 82.9 Å². The lowest BCUT2D eigenvalue weighted by molar-refractivity contribution is 0.0991. The van der Waals surface area contributed by atoms with Gasteiger partial charge in [0.05, 0.1) is 32.2 Å². The van der Waals surface area contributed by atoms with Crippen molar-refractivity contribution in [1.82, 2.24) is 9.55 Å². The summed E-state index contributed by atoms with van der Waals surface area (Å²) in [5.74, 6) is 1.12. The number of carbonyl (C=O) groups is 1. The second kappa shape index (κ2) is 9.04. The SMILES string of the molecule is COc1ccc(-n2cc(C(=O)N(C)c3ccncc3)c(=O)c3cc(OC)c(OC)cc32)cc1. The van der Waals surface area contributed by atoms with E-state index in [1.807, 2.05) is 24.3 Å². The lowest BCUT2D eigenvalue weighted by Gasteiger charge is -2.20. The molecule has 0 spiro atoms. The maximum Gasteiger partial charge on any atom is 0.263 e. The first-order valence-electron chi connectivity index (χ1n) is 10.1. The Bertz CT molecular complexity index is 1370. The molecule has 0 aliphatic heterocycles. The number of nitrogens with zero attached hydrogens (tertiary/aromatic N) is 3. The number of pyridine rings is 2. The van der Waals surface area contributed by atoms with Crippen LogP contribution < -0.4 is 24.5 Å².